The Kier molecular flexibility index (Phi) is 5.49. The van der Waals surface area contributed by atoms with Gasteiger partial charge in [0, 0.05) is 54.8 Å². The van der Waals surface area contributed by atoms with Crippen LogP contribution in [0, 0.1) is 5.92 Å². The molecule has 1 aromatic rings. The number of carbonyl (C=O) groups is 2. The number of amides is 2. The molecule has 8 heteroatoms. The SMILES string of the molecule is CCc1cc2c(s1)CCOC21CCN(CC2CN(C(=O)CN3CCOC3=O)C2)CC1. The van der Waals surface area contributed by atoms with Gasteiger partial charge in [0.15, 0.2) is 0 Å². The number of hydrogen-bond acceptors (Lipinski definition) is 6. The van der Waals surface area contributed by atoms with E-state index in [2.05, 4.69) is 17.9 Å². The molecular formula is C22H31N3O4S. The molecule has 0 unspecified atom stereocenters. The van der Waals surface area contributed by atoms with Crippen LogP contribution >= 0.6 is 11.3 Å². The van der Waals surface area contributed by atoms with Crippen LogP contribution in [0.25, 0.3) is 0 Å². The van der Waals surface area contributed by atoms with E-state index in [9.17, 15) is 9.59 Å². The van der Waals surface area contributed by atoms with Gasteiger partial charge in [-0.15, -0.1) is 11.3 Å². The van der Waals surface area contributed by atoms with E-state index in [1.165, 1.54) is 15.3 Å². The predicted octanol–water partition coefficient (Wildman–Crippen LogP) is 2.08. The molecule has 0 atom stereocenters. The van der Waals surface area contributed by atoms with Crippen molar-refractivity contribution in [2.75, 3.05) is 59.0 Å². The molecule has 0 aliphatic carbocycles. The normalized spacial score (nSPS) is 24.1. The van der Waals surface area contributed by atoms with Gasteiger partial charge in [0.2, 0.25) is 5.91 Å². The smallest absolute Gasteiger partial charge is 0.410 e. The maximum atomic E-state index is 12.4. The summed E-state index contributed by atoms with van der Waals surface area (Å²) in [4.78, 5) is 32.8. The fourth-order valence-electron chi connectivity index (χ4n) is 5.24. The molecule has 0 radical (unpaired) electrons. The maximum absolute atomic E-state index is 12.4. The maximum Gasteiger partial charge on any atom is 0.410 e. The summed E-state index contributed by atoms with van der Waals surface area (Å²) in [5.41, 5.74) is 1.40. The summed E-state index contributed by atoms with van der Waals surface area (Å²) in [5, 5.41) is 0. The standard InChI is InChI=1S/C22H31N3O4S/c1-2-17-11-18-19(30-17)3-9-29-22(18)4-6-23(7-5-22)12-16-13-25(14-16)20(26)15-24-8-10-28-21(24)27/h11,16H,2-10,12-15H2,1H3. The van der Waals surface area contributed by atoms with Crippen molar-refractivity contribution in [1.29, 1.82) is 0 Å². The third-order valence-electron chi connectivity index (χ3n) is 7.07. The molecule has 0 N–H and O–H groups in total. The van der Waals surface area contributed by atoms with E-state index in [0.717, 1.165) is 65.0 Å². The number of cyclic esters (lactones) is 1. The van der Waals surface area contributed by atoms with Crippen molar-refractivity contribution in [2.45, 2.75) is 38.2 Å². The van der Waals surface area contributed by atoms with E-state index in [1.807, 2.05) is 16.2 Å². The second kappa shape index (κ2) is 8.13. The van der Waals surface area contributed by atoms with Gasteiger partial charge in [-0.1, -0.05) is 6.92 Å². The molecule has 1 spiro atoms. The fraction of sp³-hybridized carbons (Fsp3) is 0.727. The molecule has 164 valence electrons. The summed E-state index contributed by atoms with van der Waals surface area (Å²) >= 11 is 1.98. The molecular weight excluding hydrogens is 402 g/mol. The number of nitrogens with zero attached hydrogens (tertiary/aromatic N) is 3. The number of thiophene rings is 1. The van der Waals surface area contributed by atoms with E-state index in [4.69, 9.17) is 9.47 Å². The van der Waals surface area contributed by atoms with Crippen LogP contribution < -0.4 is 0 Å². The van der Waals surface area contributed by atoms with E-state index in [-0.39, 0.29) is 24.1 Å². The first-order valence-electron chi connectivity index (χ1n) is 11.2. The van der Waals surface area contributed by atoms with Gasteiger partial charge in [-0.3, -0.25) is 9.69 Å². The van der Waals surface area contributed by atoms with Crippen LogP contribution in [-0.4, -0.2) is 85.7 Å². The van der Waals surface area contributed by atoms with Crippen LogP contribution in [-0.2, 0) is 32.7 Å². The summed E-state index contributed by atoms with van der Waals surface area (Å²) in [5.74, 6) is 0.569. The Morgan fingerprint density at radius 3 is 2.73 bits per heavy atom. The van der Waals surface area contributed by atoms with Gasteiger partial charge in [-0.25, -0.2) is 4.79 Å². The van der Waals surface area contributed by atoms with Crippen LogP contribution in [0.4, 0.5) is 4.79 Å². The summed E-state index contributed by atoms with van der Waals surface area (Å²) in [7, 11) is 0. The van der Waals surface area contributed by atoms with Crippen molar-refractivity contribution in [3.63, 3.8) is 0 Å². The van der Waals surface area contributed by atoms with Crippen molar-refractivity contribution in [1.82, 2.24) is 14.7 Å². The monoisotopic (exact) mass is 433 g/mol. The lowest BCUT2D eigenvalue weighted by Crippen LogP contribution is -2.57. The Morgan fingerprint density at radius 1 is 1.23 bits per heavy atom. The second-order valence-electron chi connectivity index (χ2n) is 9.00. The summed E-state index contributed by atoms with van der Waals surface area (Å²) in [6, 6.07) is 2.40. The van der Waals surface area contributed by atoms with Crippen molar-refractivity contribution >= 4 is 23.3 Å². The molecule has 7 nitrogen and oxygen atoms in total. The van der Waals surface area contributed by atoms with E-state index in [1.54, 1.807) is 4.88 Å². The minimum absolute atomic E-state index is 0.0371. The van der Waals surface area contributed by atoms with Crippen LogP contribution in [0.15, 0.2) is 6.07 Å². The van der Waals surface area contributed by atoms with Crippen molar-refractivity contribution in [2.24, 2.45) is 5.92 Å². The van der Waals surface area contributed by atoms with Gasteiger partial charge in [-0.2, -0.15) is 0 Å². The third kappa shape index (κ3) is 3.74. The highest BCUT2D eigenvalue weighted by Crippen LogP contribution is 2.44. The average Bonchev–Trinajstić information content (AvgIpc) is 3.33. The molecule has 5 rings (SSSR count). The summed E-state index contributed by atoms with van der Waals surface area (Å²) < 4.78 is 11.3. The number of likely N-dealkylation sites (tertiary alicyclic amines) is 2. The highest BCUT2D eigenvalue weighted by Gasteiger charge is 2.43. The molecule has 0 saturated carbocycles. The average molecular weight is 434 g/mol. The highest BCUT2D eigenvalue weighted by atomic mass is 32.1. The van der Waals surface area contributed by atoms with Crippen molar-refractivity contribution < 1.29 is 19.1 Å². The van der Waals surface area contributed by atoms with Crippen molar-refractivity contribution in [3.8, 4) is 0 Å². The number of hydrogen-bond donors (Lipinski definition) is 0. The number of aryl methyl sites for hydroxylation is 1. The Bertz CT molecular complexity index is 811. The molecule has 1 aromatic heterocycles. The first kappa shape index (κ1) is 20.3. The molecule has 3 fully saturated rings. The number of rotatable bonds is 5. The molecule has 0 aromatic carbocycles. The van der Waals surface area contributed by atoms with Gasteiger partial charge >= 0.3 is 6.09 Å². The van der Waals surface area contributed by atoms with E-state index < -0.39 is 0 Å². The molecule has 4 aliphatic rings. The molecule has 2 amide bonds. The molecule has 5 heterocycles. The fourth-order valence-corrected chi connectivity index (χ4v) is 6.42. The van der Waals surface area contributed by atoms with E-state index >= 15 is 0 Å². The van der Waals surface area contributed by atoms with Crippen LogP contribution in [0.3, 0.4) is 0 Å². The second-order valence-corrected chi connectivity index (χ2v) is 10.2. The minimum atomic E-state index is -0.368. The van der Waals surface area contributed by atoms with Gasteiger partial charge in [0.05, 0.1) is 18.8 Å². The van der Waals surface area contributed by atoms with Gasteiger partial charge in [-0.05, 0) is 30.9 Å². The highest BCUT2D eigenvalue weighted by molar-refractivity contribution is 7.12. The van der Waals surface area contributed by atoms with Crippen molar-refractivity contribution in [3.05, 3.63) is 21.4 Å². The zero-order valence-corrected chi connectivity index (χ0v) is 18.5. The lowest BCUT2D eigenvalue weighted by Gasteiger charge is -2.47. The zero-order valence-electron chi connectivity index (χ0n) is 17.7. The first-order chi connectivity index (χ1) is 14.6. The Balaban J connectivity index is 1.09. The van der Waals surface area contributed by atoms with Crippen LogP contribution in [0.2, 0.25) is 0 Å². The lowest BCUT2D eigenvalue weighted by atomic mass is 9.82. The Labute approximate surface area is 181 Å². The van der Waals surface area contributed by atoms with Gasteiger partial charge < -0.3 is 19.3 Å². The van der Waals surface area contributed by atoms with Crippen LogP contribution in [0.5, 0.6) is 0 Å². The van der Waals surface area contributed by atoms with E-state index in [0.29, 0.717) is 19.1 Å². The summed E-state index contributed by atoms with van der Waals surface area (Å²) in [6.07, 6.45) is 3.92. The molecule has 3 saturated heterocycles. The number of piperidine rings is 1. The van der Waals surface area contributed by atoms with Crippen LogP contribution in [0.1, 0.15) is 35.1 Å². The number of carbonyl (C=O) groups excluding carboxylic acids is 2. The number of fused-ring (bicyclic) bond motifs is 2. The topological polar surface area (TPSA) is 62.3 Å². The molecule has 30 heavy (non-hydrogen) atoms. The molecule has 0 bridgehead atoms. The number of ether oxygens (including phenoxy) is 2. The van der Waals surface area contributed by atoms with Gasteiger partial charge in [0.25, 0.3) is 0 Å². The largest absolute Gasteiger partial charge is 0.448 e. The lowest BCUT2D eigenvalue weighted by molar-refractivity contribution is -0.139. The minimum Gasteiger partial charge on any atom is -0.448 e. The first-order valence-corrected chi connectivity index (χ1v) is 12.1. The zero-order chi connectivity index (χ0) is 20.7. The third-order valence-corrected chi connectivity index (χ3v) is 8.41. The Morgan fingerprint density at radius 2 is 2.03 bits per heavy atom. The van der Waals surface area contributed by atoms with Gasteiger partial charge in [0.1, 0.15) is 13.2 Å². The quantitative estimate of drug-likeness (QED) is 0.712. The Hall–Kier alpha value is -1.64. The predicted molar refractivity (Wildman–Crippen MR) is 114 cm³/mol. The molecule has 4 aliphatic heterocycles. The summed E-state index contributed by atoms with van der Waals surface area (Å²) in [6.45, 7) is 8.90.